The summed E-state index contributed by atoms with van der Waals surface area (Å²) in [5, 5.41) is 0. The average Bonchev–Trinajstić information content (AvgIpc) is 2.46. The van der Waals surface area contributed by atoms with Gasteiger partial charge < -0.3 is 4.74 Å². The number of methoxy groups -OCH3 is 1. The van der Waals surface area contributed by atoms with Gasteiger partial charge in [-0.1, -0.05) is 17.7 Å². The smallest absolute Gasteiger partial charge is 0.261 e. The summed E-state index contributed by atoms with van der Waals surface area (Å²) in [7, 11) is 4.51. The molecule has 2 rings (SSSR count). The van der Waals surface area contributed by atoms with Crippen LogP contribution in [0.4, 0.5) is 0 Å². The SMILES string of the molecule is COc1ccc(S(=O)(=O)Cl)cc1.Cc1ccc(S(=O)(=O)Cl)cc1. The highest BCUT2D eigenvalue weighted by molar-refractivity contribution is 8.14. The van der Waals surface area contributed by atoms with Crippen LogP contribution in [0, 0.1) is 6.92 Å². The topological polar surface area (TPSA) is 77.5 Å². The number of hydrogen-bond donors (Lipinski definition) is 0. The Morgan fingerprint density at radius 1 is 0.739 bits per heavy atom. The Bertz CT molecular complexity index is 843. The molecule has 5 nitrogen and oxygen atoms in total. The Labute approximate surface area is 144 Å². The molecule has 0 aromatic heterocycles. The second-order valence-electron chi connectivity index (χ2n) is 4.36. The molecule has 2 aromatic carbocycles. The number of halogens is 2. The molecule has 0 heterocycles. The van der Waals surface area contributed by atoms with Crippen LogP contribution in [0.3, 0.4) is 0 Å². The van der Waals surface area contributed by atoms with Gasteiger partial charge in [-0.15, -0.1) is 0 Å². The van der Waals surface area contributed by atoms with Crippen LogP contribution >= 0.6 is 21.4 Å². The monoisotopic (exact) mass is 396 g/mol. The summed E-state index contributed by atoms with van der Waals surface area (Å²) in [6.07, 6.45) is 0. The molecule has 0 bridgehead atoms. The van der Waals surface area contributed by atoms with E-state index < -0.39 is 18.1 Å². The van der Waals surface area contributed by atoms with Gasteiger partial charge in [-0.05, 0) is 43.3 Å². The van der Waals surface area contributed by atoms with Crippen molar-refractivity contribution in [3.05, 3.63) is 54.1 Å². The molecule has 23 heavy (non-hydrogen) atoms. The van der Waals surface area contributed by atoms with Crippen molar-refractivity contribution in [3.8, 4) is 5.75 Å². The van der Waals surface area contributed by atoms with E-state index in [2.05, 4.69) is 0 Å². The summed E-state index contributed by atoms with van der Waals surface area (Å²) in [4.78, 5) is 0.217. The maximum atomic E-state index is 10.8. The summed E-state index contributed by atoms with van der Waals surface area (Å²) >= 11 is 0. The Morgan fingerprint density at radius 2 is 1.09 bits per heavy atom. The minimum atomic E-state index is -3.61. The summed E-state index contributed by atoms with van der Waals surface area (Å²) in [5.41, 5.74) is 1.01. The third-order valence-corrected chi connectivity index (χ3v) is 5.38. The van der Waals surface area contributed by atoms with E-state index in [1.807, 2.05) is 6.92 Å². The van der Waals surface area contributed by atoms with E-state index in [4.69, 9.17) is 26.1 Å². The average molecular weight is 397 g/mol. The summed E-state index contributed by atoms with van der Waals surface area (Å²) < 4.78 is 47.8. The minimum Gasteiger partial charge on any atom is -0.497 e. The largest absolute Gasteiger partial charge is 0.497 e. The van der Waals surface area contributed by atoms with E-state index in [1.165, 1.54) is 43.5 Å². The molecule has 0 atom stereocenters. The van der Waals surface area contributed by atoms with Crippen molar-refractivity contribution in [1.82, 2.24) is 0 Å². The molecule has 0 aliphatic carbocycles. The summed E-state index contributed by atoms with van der Waals surface area (Å²) in [6.45, 7) is 1.88. The standard InChI is InChI=1S/C7H7ClO3S.C7H7ClO2S/c1-11-6-2-4-7(5-3-6)12(8,9)10;1-6-2-4-7(5-3-6)11(8,9)10/h2-5H,1H3;2-5H,1H3. The van der Waals surface area contributed by atoms with E-state index in [1.54, 1.807) is 12.1 Å². The fourth-order valence-electron chi connectivity index (χ4n) is 1.44. The normalized spacial score (nSPS) is 11.3. The zero-order chi connectivity index (χ0) is 17.7. The maximum absolute atomic E-state index is 10.8. The lowest BCUT2D eigenvalue weighted by Gasteiger charge is -1.99. The van der Waals surface area contributed by atoms with Gasteiger partial charge in [-0.2, -0.15) is 0 Å². The molecule has 0 saturated heterocycles. The molecule has 0 amide bonds. The maximum Gasteiger partial charge on any atom is 0.261 e. The van der Waals surface area contributed by atoms with Gasteiger partial charge in [0.2, 0.25) is 0 Å². The number of rotatable bonds is 3. The van der Waals surface area contributed by atoms with Crippen LogP contribution in [0.1, 0.15) is 5.56 Å². The van der Waals surface area contributed by atoms with Crippen molar-refractivity contribution in [2.75, 3.05) is 7.11 Å². The van der Waals surface area contributed by atoms with E-state index in [0.29, 0.717) is 5.75 Å². The molecule has 0 spiro atoms. The van der Waals surface area contributed by atoms with Crippen LogP contribution in [-0.2, 0) is 18.1 Å². The summed E-state index contributed by atoms with van der Waals surface area (Å²) in [5.74, 6) is 0.596. The fourth-order valence-corrected chi connectivity index (χ4v) is 2.98. The third kappa shape index (κ3) is 6.78. The highest BCUT2D eigenvalue weighted by Crippen LogP contribution is 2.18. The van der Waals surface area contributed by atoms with Crippen molar-refractivity contribution in [2.45, 2.75) is 16.7 Å². The quantitative estimate of drug-likeness (QED) is 0.741. The van der Waals surface area contributed by atoms with Crippen LogP contribution in [0.15, 0.2) is 58.3 Å². The van der Waals surface area contributed by atoms with Crippen LogP contribution in [0.2, 0.25) is 0 Å². The Balaban J connectivity index is 0.000000231. The van der Waals surface area contributed by atoms with E-state index in [0.717, 1.165) is 5.56 Å². The lowest BCUT2D eigenvalue weighted by Crippen LogP contribution is -1.90. The van der Waals surface area contributed by atoms with Gasteiger partial charge in [0.25, 0.3) is 18.1 Å². The molecule has 0 radical (unpaired) electrons. The van der Waals surface area contributed by atoms with Crippen LogP contribution < -0.4 is 4.74 Å². The van der Waals surface area contributed by atoms with Crippen molar-refractivity contribution < 1.29 is 21.6 Å². The molecule has 0 N–H and O–H groups in total. The third-order valence-electron chi connectivity index (χ3n) is 2.64. The highest BCUT2D eigenvalue weighted by atomic mass is 35.7. The fraction of sp³-hybridized carbons (Fsp3) is 0.143. The zero-order valence-corrected chi connectivity index (χ0v) is 15.4. The van der Waals surface area contributed by atoms with Gasteiger partial charge in [0.05, 0.1) is 16.9 Å². The molecular weight excluding hydrogens is 383 g/mol. The van der Waals surface area contributed by atoms with Crippen LogP contribution in [0.25, 0.3) is 0 Å². The second-order valence-corrected chi connectivity index (χ2v) is 9.50. The predicted molar refractivity (Wildman–Crippen MR) is 90.3 cm³/mol. The van der Waals surface area contributed by atoms with Gasteiger partial charge in [0, 0.05) is 21.4 Å². The molecule has 0 aliphatic rings. The van der Waals surface area contributed by atoms with E-state index in [-0.39, 0.29) is 9.79 Å². The molecule has 0 saturated carbocycles. The number of benzene rings is 2. The van der Waals surface area contributed by atoms with Gasteiger partial charge in [0.15, 0.2) is 0 Å². The van der Waals surface area contributed by atoms with Gasteiger partial charge in [-0.3, -0.25) is 0 Å². The first-order chi connectivity index (χ1) is 10.5. The molecule has 0 fully saturated rings. The Morgan fingerprint density at radius 3 is 1.39 bits per heavy atom. The molecule has 0 aliphatic heterocycles. The Kier molecular flexibility index (Phi) is 6.88. The first-order valence-corrected chi connectivity index (χ1v) is 10.8. The van der Waals surface area contributed by atoms with Crippen molar-refractivity contribution >= 4 is 39.5 Å². The van der Waals surface area contributed by atoms with Gasteiger partial charge in [-0.25, -0.2) is 16.8 Å². The number of aryl methyl sites for hydroxylation is 1. The highest BCUT2D eigenvalue weighted by Gasteiger charge is 2.08. The number of hydrogen-bond acceptors (Lipinski definition) is 5. The van der Waals surface area contributed by atoms with Crippen LogP contribution in [-0.4, -0.2) is 23.9 Å². The van der Waals surface area contributed by atoms with Crippen molar-refractivity contribution in [3.63, 3.8) is 0 Å². The minimum absolute atomic E-state index is 0.0740. The molecule has 126 valence electrons. The molecule has 2 aromatic rings. The predicted octanol–water partition coefficient (Wildman–Crippen LogP) is 3.55. The molecule has 9 heteroatoms. The zero-order valence-electron chi connectivity index (χ0n) is 12.2. The lowest BCUT2D eigenvalue weighted by molar-refractivity contribution is 0.414. The van der Waals surface area contributed by atoms with Gasteiger partial charge in [0.1, 0.15) is 5.75 Å². The molecular formula is C14H14Cl2O5S2. The lowest BCUT2D eigenvalue weighted by atomic mass is 10.2. The number of ether oxygens (including phenoxy) is 1. The first kappa shape index (κ1) is 19.8. The van der Waals surface area contributed by atoms with E-state index >= 15 is 0 Å². The van der Waals surface area contributed by atoms with Gasteiger partial charge >= 0.3 is 0 Å². The van der Waals surface area contributed by atoms with Crippen molar-refractivity contribution in [2.24, 2.45) is 0 Å². The first-order valence-electron chi connectivity index (χ1n) is 6.14. The van der Waals surface area contributed by atoms with E-state index in [9.17, 15) is 16.8 Å². The summed E-state index contributed by atoms with van der Waals surface area (Å²) in [6, 6.07) is 12.2. The Hall–Kier alpha value is -1.28. The van der Waals surface area contributed by atoms with Crippen molar-refractivity contribution in [1.29, 1.82) is 0 Å². The van der Waals surface area contributed by atoms with Crippen LogP contribution in [0.5, 0.6) is 5.75 Å². The molecule has 0 unspecified atom stereocenters. The second kappa shape index (κ2) is 8.01.